The third-order valence-corrected chi connectivity index (χ3v) is 4.38. The van der Waals surface area contributed by atoms with Gasteiger partial charge in [-0.1, -0.05) is 0 Å². The molecule has 3 aromatic rings. The molecule has 0 bridgehead atoms. The summed E-state index contributed by atoms with van der Waals surface area (Å²) in [5, 5.41) is 2.80. The number of hydrogen-bond donors (Lipinski definition) is 2. The van der Waals surface area contributed by atoms with Crippen LogP contribution in [0, 0.1) is 0 Å². The van der Waals surface area contributed by atoms with Gasteiger partial charge in [-0.3, -0.25) is 24.3 Å². The minimum absolute atomic E-state index is 0.0257. The number of anilines is 2. The molecule has 3 rings (SSSR count). The van der Waals surface area contributed by atoms with Crippen LogP contribution in [0.5, 0.6) is 11.5 Å². The van der Waals surface area contributed by atoms with Crippen LogP contribution in [0.4, 0.5) is 11.9 Å². The van der Waals surface area contributed by atoms with Gasteiger partial charge in [-0.15, -0.1) is 0 Å². The second-order valence-electron chi connectivity index (χ2n) is 6.65. The number of nitrogens with zero attached hydrogens (tertiary/aromatic N) is 5. The number of hydrogen-bond acceptors (Lipinski definition) is 9. The lowest BCUT2D eigenvalue weighted by Gasteiger charge is -2.16. The van der Waals surface area contributed by atoms with Crippen molar-refractivity contribution in [1.29, 1.82) is 0 Å². The van der Waals surface area contributed by atoms with Gasteiger partial charge in [0.15, 0.2) is 18.1 Å². The number of likely N-dealkylation sites (N-methyl/N-ethyl adjacent to an activating group) is 1. The zero-order valence-corrected chi connectivity index (χ0v) is 17.4. The number of benzene rings is 1. The summed E-state index contributed by atoms with van der Waals surface area (Å²) >= 11 is 0. The first-order valence-corrected chi connectivity index (χ1v) is 9.02. The fourth-order valence-corrected chi connectivity index (χ4v) is 2.61. The monoisotopic (exact) mass is 427 g/mol. The molecule has 0 fully saturated rings. The predicted molar refractivity (Wildman–Crippen MR) is 112 cm³/mol. The molecular weight excluding hydrogens is 406 g/mol. The minimum Gasteiger partial charge on any atom is -0.491 e. The number of amides is 2. The maximum atomic E-state index is 12.8. The van der Waals surface area contributed by atoms with Crippen LogP contribution in [-0.4, -0.2) is 64.0 Å². The maximum absolute atomic E-state index is 12.8. The second-order valence-corrected chi connectivity index (χ2v) is 6.65. The van der Waals surface area contributed by atoms with Crippen LogP contribution in [-0.2, 0) is 11.8 Å². The topological polar surface area (TPSA) is 155 Å². The van der Waals surface area contributed by atoms with Crippen LogP contribution < -0.4 is 26.1 Å². The minimum atomic E-state index is -0.579. The summed E-state index contributed by atoms with van der Waals surface area (Å²) in [5.41, 5.74) is 5.32. The molecule has 0 atom stereocenters. The third-order valence-electron chi connectivity index (χ3n) is 4.38. The predicted octanol–water partition coefficient (Wildman–Crippen LogP) is 0.0336. The van der Waals surface area contributed by atoms with E-state index in [9.17, 15) is 14.4 Å². The Labute approximate surface area is 176 Å². The van der Waals surface area contributed by atoms with Crippen molar-refractivity contribution >= 4 is 34.6 Å². The third kappa shape index (κ3) is 4.37. The lowest BCUT2D eigenvalue weighted by atomic mass is 10.2. The molecule has 0 aliphatic heterocycles. The van der Waals surface area contributed by atoms with E-state index in [-0.39, 0.29) is 52.4 Å². The number of methoxy groups -OCH3 is 1. The highest BCUT2D eigenvalue weighted by Crippen LogP contribution is 2.33. The van der Waals surface area contributed by atoms with Crippen LogP contribution in [0.1, 0.15) is 10.4 Å². The van der Waals surface area contributed by atoms with Gasteiger partial charge >= 0.3 is 0 Å². The summed E-state index contributed by atoms with van der Waals surface area (Å²) < 4.78 is 12.1. The zero-order valence-electron chi connectivity index (χ0n) is 17.4. The Bertz CT molecular complexity index is 1200. The van der Waals surface area contributed by atoms with Crippen molar-refractivity contribution in [3.63, 3.8) is 0 Å². The molecule has 31 heavy (non-hydrogen) atoms. The second kappa shape index (κ2) is 8.65. The van der Waals surface area contributed by atoms with Gasteiger partial charge in [-0.05, 0) is 12.1 Å². The number of carbonyl (C=O) groups is 2. The molecule has 3 N–H and O–H groups in total. The van der Waals surface area contributed by atoms with Crippen LogP contribution in [0.25, 0.3) is 10.9 Å². The molecule has 2 aromatic heterocycles. The van der Waals surface area contributed by atoms with Crippen molar-refractivity contribution < 1.29 is 19.1 Å². The summed E-state index contributed by atoms with van der Waals surface area (Å²) in [6, 6.07) is 3.04. The number of aromatic nitrogens is 4. The van der Waals surface area contributed by atoms with Crippen molar-refractivity contribution in [3.05, 3.63) is 40.4 Å². The fourth-order valence-electron chi connectivity index (χ4n) is 2.61. The molecule has 0 radical (unpaired) electrons. The highest BCUT2D eigenvalue weighted by molar-refractivity contribution is 6.03. The molecule has 2 amide bonds. The molecule has 0 aliphatic rings. The van der Waals surface area contributed by atoms with Gasteiger partial charge in [0.2, 0.25) is 11.9 Å². The van der Waals surface area contributed by atoms with E-state index in [1.165, 1.54) is 48.2 Å². The van der Waals surface area contributed by atoms with E-state index in [1.807, 2.05) is 0 Å². The summed E-state index contributed by atoms with van der Waals surface area (Å²) in [5.74, 6) is -0.442. The van der Waals surface area contributed by atoms with Crippen LogP contribution in [0.2, 0.25) is 0 Å². The molecular formula is C19H21N7O5. The molecule has 0 aliphatic carbocycles. The van der Waals surface area contributed by atoms with Crippen molar-refractivity contribution in [2.45, 2.75) is 0 Å². The number of nitrogen functional groups attached to an aromatic ring is 1. The Morgan fingerprint density at radius 2 is 1.90 bits per heavy atom. The van der Waals surface area contributed by atoms with Gasteiger partial charge in [0.05, 0.1) is 18.1 Å². The number of rotatable bonds is 6. The van der Waals surface area contributed by atoms with Crippen molar-refractivity contribution in [2.24, 2.45) is 7.05 Å². The standard InChI is InChI=1S/C19H21N7O5/c1-25(2)13(27)9-31-12-6-5-11-14(15(12)30-4)23-19(26(3)17(11)29)24-16(28)10-7-21-18(20)22-8-10/h5-8H,9H2,1-4H3,(H2,20,21,22)(H,23,24,28). The van der Waals surface area contributed by atoms with Gasteiger partial charge in [0.1, 0.15) is 5.52 Å². The van der Waals surface area contributed by atoms with Crippen LogP contribution >= 0.6 is 0 Å². The zero-order chi connectivity index (χ0) is 22.7. The number of fused-ring (bicyclic) bond motifs is 1. The van der Waals surface area contributed by atoms with Gasteiger partial charge < -0.3 is 20.1 Å². The van der Waals surface area contributed by atoms with Crippen molar-refractivity contribution in [1.82, 2.24) is 24.4 Å². The lowest BCUT2D eigenvalue weighted by molar-refractivity contribution is -0.130. The van der Waals surface area contributed by atoms with Crippen LogP contribution in [0.15, 0.2) is 29.3 Å². The summed E-state index contributed by atoms with van der Waals surface area (Å²) in [7, 11) is 6.07. The molecule has 12 heteroatoms. The van der Waals surface area contributed by atoms with Crippen molar-refractivity contribution in [2.75, 3.05) is 38.9 Å². The van der Waals surface area contributed by atoms with E-state index in [2.05, 4.69) is 20.3 Å². The maximum Gasteiger partial charge on any atom is 0.262 e. The Morgan fingerprint density at radius 1 is 1.23 bits per heavy atom. The van der Waals surface area contributed by atoms with E-state index >= 15 is 0 Å². The van der Waals surface area contributed by atoms with E-state index in [0.717, 1.165) is 0 Å². The number of carbonyl (C=O) groups excluding carboxylic acids is 2. The SMILES string of the molecule is COc1c(OCC(=O)N(C)C)ccc2c(=O)n(C)c(NC(=O)c3cnc(N)nc3)nc12. The molecule has 0 saturated carbocycles. The summed E-state index contributed by atoms with van der Waals surface area (Å²) in [6.07, 6.45) is 2.51. The van der Waals surface area contributed by atoms with Gasteiger partial charge in [-0.2, -0.15) is 0 Å². The summed E-state index contributed by atoms with van der Waals surface area (Å²) in [4.78, 5) is 50.5. The molecule has 1 aromatic carbocycles. The quantitative estimate of drug-likeness (QED) is 0.554. The molecule has 0 saturated heterocycles. The van der Waals surface area contributed by atoms with Gasteiger partial charge in [-0.25, -0.2) is 15.0 Å². The number of ether oxygens (including phenoxy) is 2. The molecule has 0 spiro atoms. The van der Waals surface area contributed by atoms with E-state index in [0.29, 0.717) is 0 Å². The Morgan fingerprint density at radius 3 is 2.52 bits per heavy atom. The fraction of sp³-hybridized carbons (Fsp3) is 0.263. The first-order valence-electron chi connectivity index (χ1n) is 9.02. The lowest BCUT2D eigenvalue weighted by Crippen LogP contribution is -2.27. The Hall–Kier alpha value is -4.22. The Kier molecular flexibility index (Phi) is 6.00. The smallest absolute Gasteiger partial charge is 0.262 e. The first kappa shape index (κ1) is 21.5. The largest absolute Gasteiger partial charge is 0.491 e. The van der Waals surface area contributed by atoms with Crippen LogP contribution in [0.3, 0.4) is 0 Å². The highest BCUT2D eigenvalue weighted by atomic mass is 16.5. The average molecular weight is 427 g/mol. The Balaban J connectivity index is 2.02. The molecule has 0 unspecified atom stereocenters. The van der Waals surface area contributed by atoms with E-state index in [4.69, 9.17) is 15.2 Å². The first-order chi connectivity index (χ1) is 14.7. The summed E-state index contributed by atoms with van der Waals surface area (Å²) in [6.45, 7) is -0.222. The van der Waals surface area contributed by atoms with Crippen molar-refractivity contribution in [3.8, 4) is 11.5 Å². The average Bonchev–Trinajstić information content (AvgIpc) is 2.75. The molecule has 12 nitrogen and oxygen atoms in total. The van der Waals surface area contributed by atoms with E-state index < -0.39 is 11.5 Å². The van der Waals surface area contributed by atoms with Gasteiger partial charge in [0.25, 0.3) is 17.4 Å². The normalized spacial score (nSPS) is 10.6. The number of nitrogens with one attached hydrogen (secondary N) is 1. The molecule has 2 heterocycles. The van der Waals surface area contributed by atoms with Gasteiger partial charge in [0, 0.05) is 33.5 Å². The molecule has 162 valence electrons. The highest BCUT2D eigenvalue weighted by Gasteiger charge is 2.19. The van der Waals surface area contributed by atoms with E-state index in [1.54, 1.807) is 14.1 Å². The number of nitrogens with two attached hydrogens (primary N) is 1.